The highest BCUT2D eigenvalue weighted by Gasteiger charge is 2.26. The molecule has 0 aromatic rings. The highest BCUT2D eigenvalue weighted by molar-refractivity contribution is 5.97. The van der Waals surface area contributed by atoms with Crippen LogP contribution >= 0.6 is 0 Å². The van der Waals surface area contributed by atoms with Gasteiger partial charge in [0.1, 0.15) is 18.3 Å². The molecule has 1 atom stereocenters. The van der Waals surface area contributed by atoms with Crippen molar-refractivity contribution in [2.75, 3.05) is 0 Å². The first-order valence-corrected chi connectivity index (χ1v) is 4.07. The summed E-state index contributed by atoms with van der Waals surface area (Å²) in [5.74, 6) is -1.09. The maximum atomic E-state index is 10.9. The van der Waals surface area contributed by atoms with Gasteiger partial charge in [-0.2, -0.15) is 0 Å². The number of rotatable bonds is 3. The van der Waals surface area contributed by atoms with E-state index in [0.29, 0.717) is 6.42 Å². The van der Waals surface area contributed by atoms with Crippen molar-refractivity contribution < 1.29 is 19.1 Å². The van der Waals surface area contributed by atoms with Crippen LogP contribution < -0.4 is 5.73 Å². The number of nitrogens with two attached hydrogens (primary N) is 1. The maximum Gasteiger partial charge on any atom is 0.313 e. The second kappa shape index (κ2) is 4.02. The van der Waals surface area contributed by atoms with Crippen LogP contribution in [0, 0.1) is 0 Å². The Bertz CT molecular complexity index is 233. The Hall–Kier alpha value is -1.39. The van der Waals surface area contributed by atoms with Crippen molar-refractivity contribution >= 4 is 17.7 Å². The Morgan fingerprint density at radius 1 is 1.54 bits per heavy atom. The normalized spacial score (nSPS) is 22.6. The van der Waals surface area contributed by atoms with Crippen LogP contribution in [-0.4, -0.2) is 23.8 Å². The number of carbonyl (C=O) groups excluding carboxylic acids is 3. The van der Waals surface area contributed by atoms with E-state index in [1.165, 1.54) is 0 Å². The zero-order chi connectivity index (χ0) is 9.84. The predicted octanol–water partition coefficient (Wildman–Crippen LogP) is -0.473. The lowest BCUT2D eigenvalue weighted by atomic mass is 10.0. The van der Waals surface area contributed by atoms with Gasteiger partial charge in [-0.3, -0.25) is 14.4 Å². The lowest BCUT2D eigenvalue weighted by molar-refractivity contribution is -0.158. The van der Waals surface area contributed by atoms with Gasteiger partial charge >= 0.3 is 5.97 Å². The first-order chi connectivity index (χ1) is 6.08. The zero-order valence-corrected chi connectivity index (χ0v) is 7.12. The molecule has 2 N–H and O–H groups in total. The third-order valence-electron chi connectivity index (χ3n) is 1.81. The summed E-state index contributed by atoms with van der Waals surface area (Å²) in [6.07, 6.45) is 0.0886. The molecular formula is C8H11NO4. The third-order valence-corrected chi connectivity index (χ3v) is 1.81. The van der Waals surface area contributed by atoms with Gasteiger partial charge in [0.05, 0.1) is 0 Å². The second-order valence-electron chi connectivity index (χ2n) is 3.04. The van der Waals surface area contributed by atoms with Crippen LogP contribution in [0.25, 0.3) is 0 Å². The van der Waals surface area contributed by atoms with E-state index >= 15 is 0 Å². The van der Waals surface area contributed by atoms with Gasteiger partial charge < -0.3 is 10.5 Å². The van der Waals surface area contributed by atoms with Crippen molar-refractivity contribution in [3.05, 3.63) is 0 Å². The lowest BCUT2D eigenvalue weighted by Crippen LogP contribution is -2.30. The number of ether oxygens (including phenoxy) is 1. The monoisotopic (exact) mass is 185 g/mol. The van der Waals surface area contributed by atoms with E-state index in [9.17, 15) is 14.4 Å². The highest BCUT2D eigenvalue weighted by atomic mass is 16.5. The van der Waals surface area contributed by atoms with Crippen molar-refractivity contribution in [1.82, 2.24) is 0 Å². The summed E-state index contributed by atoms with van der Waals surface area (Å²) >= 11 is 0. The molecule has 5 nitrogen and oxygen atoms in total. The third kappa shape index (κ3) is 3.23. The highest BCUT2D eigenvalue weighted by Crippen LogP contribution is 2.15. The summed E-state index contributed by atoms with van der Waals surface area (Å²) < 4.78 is 4.84. The fraction of sp³-hybridized carbons (Fsp3) is 0.625. The molecule has 72 valence electrons. The first-order valence-electron chi connectivity index (χ1n) is 4.07. The van der Waals surface area contributed by atoms with Crippen LogP contribution in [0.5, 0.6) is 0 Å². The molecule has 13 heavy (non-hydrogen) atoms. The van der Waals surface area contributed by atoms with E-state index in [2.05, 4.69) is 0 Å². The van der Waals surface area contributed by atoms with Crippen LogP contribution in [0.15, 0.2) is 0 Å². The van der Waals surface area contributed by atoms with Gasteiger partial charge in [-0.05, 0) is 6.42 Å². The summed E-state index contributed by atoms with van der Waals surface area (Å²) in [6.45, 7) is 0. The van der Waals surface area contributed by atoms with Crippen LogP contribution in [0.4, 0.5) is 0 Å². The Kier molecular flexibility index (Phi) is 3.00. The van der Waals surface area contributed by atoms with Gasteiger partial charge in [0.2, 0.25) is 5.91 Å². The quantitative estimate of drug-likeness (QED) is 0.475. The SMILES string of the molecule is NC(=O)CCC1CC(=O)CC(=O)O1. The molecule has 0 spiro atoms. The number of amides is 1. The number of esters is 1. The molecule has 1 fully saturated rings. The Morgan fingerprint density at radius 3 is 2.77 bits per heavy atom. The summed E-state index contributed by atoms with van der Waals surface area (Å²) in [5.41, 5.74) is 4.91. The molecule has 1 rings (SSSR count). The number of ketones is 1. The van der Waals surface area contributed by atoms with E-state index in [-0.39, 0.29) is 25.0 Å². The smallest absolute Gasteiger partial charge is 0.313 e. The van der Waals surface area contributed by atoms with E-state index in [1.54, 1.807) is 0 Å². The molecule has 1 unspecified atom stereocenters. The minimum atomic E-state index is -0.509. The minimum absolute atomic E-state index is 0.134. The average Bonchev–Trinajstić information content (AvgIpc) is 1.99. The van der Waals surface area contributed by atoms with Crippen molar-refractivity contribution in [3.63, 3.8) is 0 Å². The summed E-state index contributed by atoms with van der Waals surface area (Å²) in [6, 6.07) is 0. The molecule has 0 radical (unpaired) electrons. The molecule has 1 amide bonds. The first kappa shape index (κ1) is 9.70. The maximum absolute atomic E-state index is 10.9. The molecule has 0 bridgehead atoms. The Balaban J connectivity index is 2.37. The molecule has 0 aromatic carbocycles. The zero-order valence-electron chi connectivity index (χ0n) is 7.12. The number of carbonyl (C=O) groups is 3. The fourth-order valence-electron chi connectivity index (χ4n) is 1.22. The van der Waals surface area contributed by atoms with Crippen LogP contribution in [0.3, 0.4) is 0 Å². The number of cyclic esters (lactones) is 1. The van der Waals surface area contributed by atoms with Gasteiger partial charge in [0, 0.05) is 12.8 Å². The van der Waals surface area contributed by atoms with Crippen molar-refractivity contribution in [2.24, 2.45) is 5.73 Å². The van der Waals surface area contributed by atoms with Crippen LogP contribution in [0.1, 0.15) is 25.7 Å². The molecule has 1 aliphatic heterocycles. The average molecular weight is 185 g/mol. The number of primary amides is 1. The lowest BCUT2D eigenvalue weighted by Gasteiger charge is -2.20. The van der Waals surface area contributed by atoms with E-state index < -0.39 is 18.0 Å². The molecule has 5 heteroatoms. The molecule has 1 aliphatic rings. The van der Waals surface area contributed by atoms with Gasteiger partial charge in [-0.1, -0.05) is 0 Å². The Morgan fingerprint density at radius 2 is 2.23 bits per heavy atom. The van der Waals surface area contributed by atoms with Gasteiger partial charge in [-0.25, -0.2) is 0 Å². The number of hydrogen-bond acceptors (Lipinski definition) is 4. The molecule has 0 saturated carbocycles. The van der Waals surface area contributed by atoms with Gasteiger partial charge in [-0.15, -0.1) is 0 Å². The van der Waals surface area contributed by atoms with Gasteiger partial charge in [0.25, 0.3) is 0 Å². The number of Topliss-reactive ketones (excluding diaryl/α,β-unsaturated/α-hetero) is 1. The van der Waals surface area contributed by atoms with E-state index in [0.717, 1.165) is 0 Å². The predicted molar refractivity (Wildman–Crippen MR) is 42.5 cm³/mol. The standard InChI is InChI=1S/C8H11NO4/c9-7(11)2-1-6-3-5(10)4-8(12)13-6/h6H,1-4H2,(H2,9,11). The Labute approximate surface area is 75.2 Å². The summed E-state index contributed by atoms with van der Waals surface area (Å²) in [7, 11) is 0. The van der Waals surface area contributed by atoms with Crippen molar-refractivity contribution in [1.29, 1.82) is 0 Å². The van der Waals surface area contributed by atoms with Crippen LogP contribution in [-0.2, 0) is 19.1 Å². The van der Waals surface area contributed by atoms with Crippen molar-refractivity contribution in [2.45, 2.75) is 31.8 Å². The molecular weight excluding hydrogens is 174 g/mol. The molecule has 0 aromatic heterocycles. The van der Waals surface area contributed by atoms with Gasteiger partial charge in [0.15, 0.2) is 0 Å². The minimum Gasteiger partial charge on any atom is -0.462 e. The molecule has 1 saturated heterocycles. The molecule has 1 heterocycles. The van der Waals surface area contributed by atoms with Crippen molar-refractivity contribution in [3.8, 4) is 0 Å². The largest absolute Gasteiger partial charge is 0.462 e. The second-order valence-corrected chi connectivity index (χ2v) is 3.04. The fourth-order valence-corrected chi connectivity index (χ4v) is 1.22. The van der Waals surface area contributed by atoms with E-state index in [1.807, 2.05) is 0 Å². The number of hydrogen-bond donors (Lipinski definition) is 1. The topological polar surface area (TPSA) is 86.5 Å². The van der Waals surface area contributed by atoms with Crippen LogP contribution in [0.2, 0.25) is 0 Å². The summed E-state index contributed by atoms with van der Waals surface area (Å²) in [5, 5.41) is 0. The summed E-state index contributed by atoms with van der Waals surface area (Å²) in [4.78, 5) is 32.1. The molecule has 0 aliphatic carbocycles. The van der Waals surface area contributed by atoms with E-state index in [4.69, 9.17) is 10.5 Å².